The smallest absolute Gasteiger partial charge is 0.243 e. The van der Waals surface area contributed by atoms with E-state index < -0.39 is 10.0 Å². The largest absolute Gasteiger partial charge is 0.487 e. The van der Waals surface area contributed by atoms with Crippen molar-refractivity contribution in [3.63, 3.8) is 0 Å². The number of para-hydroxylation sites is 1. The van der Waals surface area contributed by atoms with Gasteiger partial charge in [-0.05, 0) is 69.3 Å². The van der Waals surface area contributed by atoms with Crippen molar-refractivity contribution < 1.29 is 17.9 Å². The lowest BCUT2D eigenvalue weighted by Crippen LogP contribution is -2.35. The summed E-state index contributed by atoms with van der Waals surface area (Å²) in [5.74, 6) is 1.71. The maximum absolute atomic E-state index is 12.6. The van der Waals surface area contributed by atoms with Crippen LogP contribution in [0, 0.1) is 0 Å². The number of fused-ring (bicyclic) bond motifs is 2. The summed E-state index contributed by atoms with van der Waals surface area (Å²) in [6, 6.07) is 13.4. The molecule has 2 aliphatic heterocycles. The molecule has 0 amide bonds. The van der Waals surface area contributed by atoms with Gasteiger partial charge >= 0.3 is 0 Å². The van der Waals surface area contributed by atoms with Crippen LogP contribution in [0.3, 0.4) is 0 Å². The van der Waals surface area contributed by atoms with Crippen molar-refractivity contribution in [2.75, 3.05) is 19.6 Å². The van der Waals surface area contributed by atoms with Crippen molar-refractivity contribution in [2.24, 2.45) is 0 Å². The number of rotatable bonds is 9. The molecule has 0 aliphatic carbocycles. The molecule has 0 saturated carbocycles. The van der Waals surface area contributed by atoms with Crippen molar-refractivity contribution in [3.8, 4) is 11.5 Å². The Bertz CT molecular complexity index is 1010. The fourth-order valence-corrected chi connectivity index (χ4v) is 5.90. The first-order valence-corrected chi connectivity index (χ1v) is 12.6. The number of ether oxygens (including phenoxy) is 2. The first-order valence-electron chi connectivity index (χ1n) is 11.2. The van der Waals surface area contributed by atoms with Gasteiger partial charge < -0.3 is 14.8 Å². The van der Waals surface area contributed by atoms with Crippen LogP contribution in [0.5, 0.6) is 11.5 Å². The lowest BCUT2D eigenvalue weighted by atomic mass is 10.0. The average Bonchev–Trinajstić information content (AvgIpc) is 3.01. The summed E-state index contributed by atoms with van der Waals surface area (Å²) in [5.41, 5.74) is 2.11. The van der Waals surface area contributed by atoms with Crippen LogP contribution in [0.4, 0.5) is 0 Å². The maximum Gasteiger partial charge on any atom is 0.243 e. The molecule has 0 unspecified atom stereocenters. The van der Waals surface area contributed by atoms with Crippen molar-refractivity contribution in [1.82, 2.24) is 9.62 Å². The summed E-state index contributed by atoms with van der Waals surface area (Å²) in [6.07, 6.45) is 3.97. The fraction of sp³-hybridized carbons (Fsp3) is 0.500. The molecule has 2 aromatic rings. The van der Waals surface area contributed by atoms with Gasteiger partial charge in [0.15, 0.2) is 11.5 Å². The minimum absolute atomic E-state index is 0.112. The van der Waals surface area contributed by atoms with Crippen LogP contribution in [0.1, 0.15) is 44.2 Å². The summed E-state index contributed by atoms with van der Waals surface area (Å²) in [7, 11) is -3.32. The lowest BCUT2D eigenvalue weighted by Gasteiger charge is -2.28. The Hall–Kier alpha value is -2.09. The zero-order valence-electron chi connectivity index (χ0n) is 18.3. The third-order valence-electron chi connectivity index (χ3n) is 5.76. The van der Waals surface area contributed by atoms with E-state index in [4.69, 9.17) is 9.47 Å². The van der Waals surface area contributed by atoms with E-state index in [1.807, 2.05) is 38.1 Å². The minimum Gasteiger partial charge on any atom is -0.487 e. The minimum atomic E-state index is -3.32. The molecule has 4 rings (SSSR count). The second-order valence-electron chi connectivity index (χ2n) is 8.55. The molecule has 168 valence electrons. The summed E-state index contributed by atoms with van der Waals surface area (Å²) in [4.78, 5) is 0.462. The summed E-state index contributed by atoms with van der Waals surface area (Å²) >= 11 is 0. The molecule has 1 atom stereocenters. The van der Waals surface area contributed by atoms with Gasteiger partial charge in [0.1, 0.15) is 6.10 Å². The van der Waals surface area contributed by atoms with Gasteiger partial charge in [-0.3, -0.25) is 0 Å². The van der Waals surface area contributed by atoms with E-state index in [9.17, 15) is 8.42 Å². The number of nitrogens with one attached hydrogen (secondary N) is 1. The van der Waals surface area contributed by atoms with Crippen LogP contribution in [0.25, 0.3) is 0 Å². The second-order valence-corrected chi connectivity index (χ2v) is 10.5. The predicted molar refractivity (Wildman–Crippen MR) is 121 cm³/mol. The number of benzene rings is 2. The number of hydrogen-bond acceptors (Lipinski definition) is 5. The van der Waals surface area contributed by atoms with Crippen LogP contribution < -0.4 is 14.8 Å². The third kappa shape index (κ3) is 5.05. The molecule has 0 bridgehead atoms. The number of sulfonamides is 1. The topological polar surface area (TPSA) is 67.9 Å². The van der Waals surface area contributed by atoms with E-state index in [0.717, 1.165) is 55.8 Å². The average molecular weight is 445 g/mol. The molecule has 6 nitrogen and oxygen atoms in total. The molecule has 7 heteroatoms. The molecule has 0 radical (unpaired) electrons. The van der Waals surface area contributed by atoms with Crippen LogP contribution in [-0.4, -0.2) is 44.6 Å². The molecule has 0 spiro atoms. The van der Waals surface area contributed by atoms with Crippen LogP contribution in [-0.2, 0) is 23.0 Å². The zero-order valence-corrected chi connectivity index (χ0v) is 19.2. The molecule has 0 aromatic heterocycles. The van der Waals surface area contributed by atoms with Crippen LogP contribution in [0.2, 0.25) is 0 Å². The van der Waals surface area contributed by atoms with Gasteiger partial charge in [0, 0.05) is 19.6 Å². The number of hydrogen-bond donors (Lipinski definition) is 1. The molecule has 31 heavy (non-hydrogen) atoms. The first-order chi connectivity index (χ1) is 14.9. The van der Waals surface area contributed by atoms with Crippen LogP contribution in [0.15, 0.2) is 47.4 Å². The van der Waals surface area contributed by atoms with E-state index in [0.29, 0.717) is 18.0 Å². The number of nitrogens with zero attached hydrogens (tertiary/aromatic N) is 1. The zero-order chi connectivity index (χ0) is 21.8. The van der Waals surface area contributed by atoms with Gasteiger partial charge in [-0.2, -0.15) is 4.31 Å². The highest BCUT2D eigenvalue weighted by Gasteiger charge is 2.33. The Labute approximate surface area is 185 Å². The van der Waals surface area contributed by atoms with E-state index in [2.05, 4.69) is 11.4 Å². The molecule has 1 N–H and O–H groups in total. The highest BCUT2D eigenvalue weighted by atomic mass is 32.2. The van der Waals surface area contributed by atoms with Gasteiger partial charge in [0.2, 0.25) is 10.0 Å². The molecular formula is C24H32N2O4S. The highest BCUT2D eigenvalue weighted by Crippen LogP contribution is 2.37. The van der Waals surface area contributed by atoms with Crippen molar-refractivity contribution in [2.45, 2.75) is 63.2 Å². The monoisotopic (exact) mass is 444 g/mol. The normalized spacial score (nSPS) is 19.6. The number of aryl methyl sites for hydroxylation is 1. The molecule has 0 fully saturated rings. The summed E-state index contributed by atoms with van der Waals surface area (Å²) in [5, 5.41) is 3.48. The van der Waals surface area contributed by atoms with E-state index >= 15 is 0 Å². The molecule has 0 saturated heterocycles. The molecular weight excluding hydrogens is 412 g/mol. The van der Waals surface area contributed by atoms with Crippen LogP contribution >= 0.6 is 0 Å². The van der Waals surface area contributed by atoms with Crippen molar-refractivity contribution >= 4 is 10.0 Å². The lowest BCUT2D eigenvalue weighted by molar-refractivity contribution is 0.152. The highest BCUT2D eigenvalue weighted by molar-refractivity contribution is 7.89. The summed E-state index contributed by atoms with van der Waals surface area (Å²) in [6.45, 7) is 6.71. The fourth-order valence-electron chi connectivity index (χ4n) is 4.23. The van der Waals surface area contributed by atoms with Crippen molar-refractivity contribution in [3.05, 3.63) is 53.6 Å². The van der Waals surface area contributed by atoms with Gasteiger partial charge in [-0.25, -0.2) is 8.42 Å². The van der Waals surface area contributed by atoms with Gasteiger partial charge in [0.05, 0.1) is 11.0 Å². The summed E-state index contributed by atoms with van der Waals surface area (Å²) < 4.78 is 38.9. The Morgan fingerprint density at radius 1 is 1.13 bits per heavy atom. The first kappa shape index (κ1) is 22.1. The molecule has 2 aromatic carbocycles. The Balaban J connectivity index is 1.19. The SMILES string of the molecule is CC(C)Oc1cccc2c1O[C@@H](CNCCCCN1Cc3ccccc3S1(=O)=O)CC2. The van der Waals surface area contributed by atoms with E-state index in [1.165, 1.54) is 5.56 Å². The number of unbranched alkanes of at least 4 members (excludes halogenated alkanes) is 1. The Kier molecular flexibility index (Phi) is 6.84. The standard InChI is InChI=1S/C24H32N2O4S/c1-18(2)29-22-10-7-9-19-12-13-21(30-24(19)22)16-25-14-5-6-15-26-17-20-8-3-4-11-23(20)31(26,27)28/h3-4,7-11,18,21,25H,5-6,12-17H2,1-2H3/t21-/m1/s1. The van der Waals surface area contributed by atoms with E-state index in [1.54, 1.807) is 16.4 Å². The Morgan fingerprint density at radius 3 is 2.74 bits per heavy atom. The predicted octanol–water partition coefficient (Wildman–Crippen LogP) is 3.74. The quantitative estimate of drug-likeness (QED) is 0.597. The van der Waals surface area contributed by atoms with E-state index in [-0.39, 0.29) is 12.2 Å². The van der Waals surface area contributed by atoms with Gasteiger partial charge in [-0.15, -0.1) is 0 Å². The maximum atomic E-state index is 12.6. The third-order valence-corrected chi connectivity index (χ3v) is 7.71. The second kappa shape index (κ2) is 9.59. The van der Waals surface area contributed by atoms with Gasteiger partial charge in [0.25, 0.3) is 0 Å². The molecule has 2 heterocycles. The Morgan fingerprint density at radius 2 is 1.94 bits per heavy atom. The molecule has 2 aliphatic rings. The van der Waals surface area contributed by atoms with Crippen molar-refractivity contribution in [1.29, 1.82) is 0 Å². The van der Waals surface area contributed by atoms with Gasteiger partial charge in [-0.1, -0.05) is 30.3 Å².